The third kappa shape index (κ3) is 4.99. The van der Waals surface area contributed by atoms with E-state index < -0.39 is 0 Å². The van der Waals surface area contributed by atoms with Crippen molar-refractivity contribution in [3.05, 3.63) is 71.7 Å². The number of nitrogens with one attached hydrogen (secondary N) is 1. The molecule has 2 aromatic carbocycles. The minimum Gasteiger partial charge on any atom is -0.410 e. The van der Waals surface area contributed by atoms with Gasteiger partial charge < -0.3 is 14.3 Å². The summed E-state index contributed by atoms with van der Waals surface area (Å²) in [5.74, 6) is 0.262. The van der Waals surface area contributed by atoms with E-state index in [1.165, 1.54) is 0 Å². The summed E-state index contributed by atoms with van der Waals surface area (Å²) < 4.78 is 7.43. The maximum absolute atomic E-state index is 12.2. The second-order valence-electron chi connectivity index (χ2n) is 6.91. The number of imidazole rings is 1. The van der Waals surface area contributed by atoms with Gasteiger partial charge in [-0.1, -0.05) is 17.8 Å². The molecule has 0 fully saturated rings. The lowest BCUT2D eigenvalue weighted by Crippen LogP contribution is -2.14. The first-order chi connectivity index (χ1) is 15.0. The number of carbonyl (C=O) groups excluding carboxylic acids is 1. The fourth-order valence-electron chi connectivity index (χ4n) is 3.03. The summed E-state index contributed by atoms with van der Waals surface area (Å²) in [5, 5.41) is 20.1. The first-order valence-electron chi connectivity index (χ1n) is 9.39. The predicted octanol–water partition coefficient (Wildman–Crippen LogP) is 4.14. The molecule has 0 bridgehead atoms. The Morgan fingerprint density at radius 2 is 1.90 bits per heavy atom. The monoisotopic (exact) mass is 430 g/mol. The largest absolute Gasteiger partial charge is 0.410 e. The Bertz CT molecular complexity index is 1250. The first-order valence-corrected chi connectivity index (χ1v) is 10.4. The van der Waals surface area contributed by atoms with Gasteiger partial charge >= 0.3 is 0 Å². The molecular weight excluding hydrogens is 412 g/mol. The summed E-state index contributed by atoms with van der Waals surface area (Å²) >= 11 is 1.16. The highest BCUT2D eigenvalue weighted by molar-refractivity contribution is 7.99. The Balaban J connectivity index is 1.37. The molecule has 1 N–H and O–H groups in total. The highest BCUT2D eigenvalue weighted by Gasteiger charge is 2.14. The maximum Gasteiger partial charge on any atom is 0.277 e. The van der Waals surface area contributed by atoms with Crippen molar-refractivity contribution in [3.8, 4) is 23.3 Å². The number of hydrogen-bond acceptors (Lipinski definition) is 7. The van der Waals surface area contributed by atoms with Gasteiger partial charge in [0.1, 0.15) is 12.0 Å². The van der Waals surface area contributed by atoms with Crippen LogP contribution in [-0.2, 0) is 4.79 Å². The van der Waals surface area contributed by atoms with Crippen molar-refractivity contribution in [2.24, 2.45) is 0 Å². The fraction of sp³-hybridized carbons (Fsp3) is 0.136. The number of anilines is 1. The van der Waals surface area contributed by atoms with Crippen molar-refractivity contribution >= 4 is 23.4 Å². The molecule has 4 aromatic rings. The number of aryl methyl sites for hydroxylation is 2. The molecule has 0 saturated heterocycles. The summed E-state index contributed by atoms with van der Waals surface area (Å²) in [6.45, 7) is 3.97. The van der Waals surface area contributed by atoms with Gasteiger partial charge in [0.25, 0.3) is 11.1 Å². The zero-order chi connectivity index (χ0) is 21.8. The average molecular weight is 430 g/mol. The maximum atomic E-state index is 12.2. The van der Waals surface area contributed by atoms with Crippen LogP contribution in [0.3, 0.4) is 0 Å². The van der Waals surface area contributed by atoms with Crippen LogP contribution in [0.25, 0.3) is 17.3 Å². The van der Waals surface area contributed by atoms with Gasteiger partial charge in [-0.15, -0.1) is 10.2 Å². The molecule has 0 radical (unpaired) electrons. The van der Waals surface area contributed by atoms with E-state index in [2.05, 4.69) is 26.6 Å². The minimum absolute atomic E-state index is 0.147. The summed E-state index contributed by atoms with van der Waals surface area (Å²) in [4.78, 5) is 16.5. The number of amides is 1. The van der Waals surface area contributed by atoms with E-state index in [9.17, 15) is 4.79 Å². The lowest BCUT2D eigenvalue weighted by atomic mass is 10.1. The molecule has 0 aliphatic carbocycles. The number of nitriles is 1. The van der Waals surface area contributed by atoms with Crippen LogP contribution in [0.4, 0.5) is 5.69 Å². The molecule has 1 amide bonds. The standard InChI is InChI=1S/C22H18N6O2S/c1-14-7-15(2)9-17(8-14)25-20(29)12-31-22-27-26-21(30-22)19-11-28(13-24-19)18-5-3-16(10-23)4-6-18/h3-9,11,13H,12H2,1-2H3,(H,25,29). The van der Waals surface area contributed by atoms with Crippen LogP contribution in [0, 0.1) is 25.2 Å². The Morgan fingerprint density at radius 1 is 1.16 bits per heavy atom. The highest BCUT2D eigenvalue weighted by Crippen LogP contribution is 2.23. The van der Waals surface area contributed by atoms with Gasteiger partial charge in [0.05, 0.1) is 17.4 Å². The second kappa shape index (κ2) is 8.85. The molecule has 0 unspecified atom stereocenters. The third-order valence-electron chi connectivity index (χ3n) is 4.33. The second-order valence-corrected chi connectivity index (χ2v) is 7.84. The van der Waals surface area contributed by atoms with Crippen molar-refractivity contribution in [2.75, 3.05) is 11.1 Å². The molecule has 2 heterocycles. The quantitative estimate of drug-likeness (QED) is 0.458. The van der Waals surface area contributed by atoms with Crippen molar-refractivity contribution in [3.63, 3.8) is 0 Å². The van der Waals surface area contributed by atoms with Gasteiger partial charge in [0.2, 0.25) is 5.91 Å². The van der Waals surface area contributed by atoms with Crippen LogP contribution in [-0.4, -0.2) is 31.4 Å². The average Bonchev–Trinajstić information content (AvgIpc) is 3.41. The highest BCUT2D eigenvalue weighted by atomic mass is 32.2. The van der Waals surface area contributed by atoms with Gasteiger partial charge in [-0.2, -0.15) is 5.26 Å². The summed E-state index contributed by atoms with van der Waals surface area (Å²) in [6, 6.07) is 15.1. The number of nitrogens with zero attached hydrogens (tertiary/aromatic N) is 5. The molecule has 2 aromatic heterocycles. The van der Waals surface area contributed by atoms with Crippen LogP contribution in [0.5, 0.6) is 0 Å². The lowest BCUT2D eigenvalue weighted by molar-refractivity contribution is -0.113. The molecular formula is C22H18N6O2S. The Labute approximate surface area is 182 Å². The molecule has 0 aliphatic rings. The van der Waals surface area contributed by atoms with E-state index >= 15 is 0 Å². The molecule has 154 valence electrons. The number of benzene rings is 2. The Hall–Kier alpha value is -3.90. The fourth-order valence-corrected chi connectivity index (χ4v) is 3.59. The van der Waals surface area contributed by atoms with E-state index in [1.54, 1.807) is 29.2 Å². The van der Waals surface area contributed by atoms with E-state index in [1.807, 2.05) is 44.2 Å². The van der Waals surface area contributed by atoms with E-state index in [0.717, 1.165) is 34.3 Å². The summed E-state index contributed by atoms with van der Waals surface area (Å²) in [5.41, 5.74) is 4.90. The predicted molar refractivity (Wildman–Crippen MR) is 117 cm³/mol. The molecule has 0 aliphatic heterocycles. The van der Waals surface area contributed by atoms with Crippen molar-refractivity contribution in [2.45, 2.75) is 19.1 Å². The summed E-state index contributed by atoms with van der Waals surface area (Å²) in [7, 11) is 0. The smallest absolute Gasteiger partial charge is 0.277 e. The van der Waals surface area contributed by atoms with Crippen molar-refractivity contribution < 1.29 is 9.21 Å². The molecule has 0 saturated carbocycles. The lowest BCUT2D eigenvalue weighted by Gasteiger charge is -2.06. The molecule has 0 atom stereocenters. The van der Waals surface area contributed by atoms with E-state index in [4.69, 9.17) is 9.68 Å². The third-order valence-corrected chi connectivity index (χ3v) is 5.15. The van der Waals surface area contributed by atoms with Gasteiger partial charge in [0.15, 0.2) is 0 Å². The van der Waals surface area contributed by atoms with Crippen LogP contribution in [0.2, 0.25) is 0 Å². The SMILES string of the molecule is Cc1cc(C)cc(NC(=O)CSc2nnc(-c3cn(-c4ccc(C#N)cc4)cn3)o2)c1. The van der Waals surface area contributed by atoms with Gasteiger partial charge in [-0.05, 0) is 61.4 Å². The van der Waals surface area contributed by atoms with Gasteiger partial charge in [0, 0.05) is 17.6 Å². The number of hydrogen-bond donors (Lipinski definition) is 1. The summed E-state index contributed by atoms with van der Waals surface area (Å²) in [6.07, 6.45) is 3.39. The van der Waals surface area contributed by atoms with Crippen molar-refractivity contribution in [1.82, 2.24) is 19.7 Å². The number of carbonyl (C=O) groups is 1. The number of thioether (sulfide) groups is 1. The van der Waals surface area contributed by atoms with Crippen molar-refractivity contribution in [1.29, 1.82) is 5.26 Å². The van der Waals surface area contributed by atoms with Crippen LogP contribution < -0.4 is 5.32 Å². The van der Waals surface area contributed by atoms with E-state index in [0.29, 0.717) is 16.5 Å². The zero-order valence-electron chi connectivity index (χ0n) is 16.9. The zero-order valence-corrected chi connectivity index (χ0v) is 17.7. The normalized spacial score (nSPS) is 10.6. The van der Waals surface area contributed by atoms with Crippen LogP contribution in [0.15, 0.2) is 64.6 Å². The molecule has 0 spiro atoms. The van der Waals surface area contributed by atoms with Crippen LogP contribution in [0.1, 0.15) is 16.7 Å². The molecule has 4 rings (SSSR count). The van der Waals surface area contributed by atoms with Gasteiger partial charge in [-0.3, -0.25) is 4.79 Å². The molecule has 9 heteroatoms. The van der Waals surface area contributed by atoms with E-state index in [-0.39, 0.29) is 17.6 Å². The number of rotatable bonds is 6. The minimum atomic E-state index is -0.153. The van der Waals surface area contributed by atoms with Crippen LogP contribution >= 0.6 is 11.8 Å². The van der Waals surface area contributed by atoms with Gasteiger partial charge in [-0.25, -0.2) is 4.98 Å². The molecule has 8 nitrogen and oxygen atoms in total. The molecule has 31 heavy (non-hydrogen) atoms. The Kier molecular flexibility index (Phi) is 5.82. The number of aromatic nitrogens is 4. The topological polar surface area (TPSA) is 110 Å². The first kappa shape index (κ1) is 20.4. The Morgan fingerprint density at radius 3 is 2.61 bits per heavy atom.